The number of aryl methyl sites for hydroxylation is 3. The Morgan fingerprint density at radius 2 is 2.05 bits per heavy atom. The first-order valence-corrected chi connectivity index (χ1v) is 7.66. The van der Waals surface area contributed by atoms with E-state index in [-0.39, 0.29) is 6.04 Å². The Morgan fingerprint density at radius 3 is 2.95 bits per heavy atom. The van der Waals surface area contributed by atoms with Gasteiger partial charge in [0.15, 0.2) is 0 Å². The van der Waals surface area contributed by atoms with Gasteiger partial charge in [0, 0.05) is 23.8 Å². The number of fused-ring (bicyclic) bond motifs is 2. The Kier molecular flexibility index (Phi) is 2.71. The van der Waals surface area contributed by atoms with Crippen molar-refractivity contribution in [1.29, 1.82) is 0 Å². The normalized spacial score (nSPS) is 20.8. The van der Waals surface area contributed by atoms with Crippen molar-refractivity contribution in [3.05, 3.63) is 40.8 Å². The van der Waals surface area contributed by atoms with Crippen molar-refractivity contribution >= 4 is 0 Å². The van der Waals surface area contributed by atoms with E-state index in [9.17, 15) is 0 Å². The van der Waals surface area contributed by atoms with Gasteiger partial charge in [-0.2, -0.15) is 0 Å². The van der Waals surface area contributed by atoms with Crippen LogP contribution in [0, 0.1) is 6.92 Å². The highest BCUT2D eigenvalue weighted by atomic mass is 15.1. The molecule has 0 saturated carbocycles. The Bertz CT molecular complexity index is 669. The van der Waals surface area contributed by atoms with Gasteiger partial charge in [0.1, 0.15) is 5.82 Å². The molecule has 2 heterocycles. The number of hydrogen-bond acceptors (Lipinski definition) is 2. The van der Waals surface area contributed by atoms with Crippen LogP contribution in [0.1, 0.15) is 35.5 Å². The van der Waals surface area contributed by atoms with Gasteiger partial charge in [0.2, 0.25) is 0 Å². The smallest absolute Gasteiger partial charge is 0.106 e. The molecule has 0 radical (unpaired) electrons. The maximum absolute atomic E-state index is 6.09. The summed E-state index contributed by atoms with van der Waals surface area (Å²) >= 11 is 0. The second-order valence-electron chi connectivity index (χ2n) is 6.20. The van der Waals surface area contributed by atoms with Crippen molar-refractivity contribution in [2.24, 2.45) is 5.73 Å². The summed E-state index contributed by atoms with van der Waals surface area (Å²) in [6.45, 7) is 3.01. The molecule has 0 amide bonds. The molecule has 1 aromatic carbocycles. The molecule has 2 aliphatic rings. The Balaban J connectivity index is 1.81. The molecule has 1 atom stereocenters. The largest absolute Gasteiger partial charge is 0.330 e. The van der Waals surface area contributed by atoms with Crippen LogP contribution >= 0.6 is 0 Å². The van der Waals surface area contributed by atoms with Crippen LogP contribution in [0.2, 0.25) is 0 Å². The van der Waals surface area contributed by atoms with Gasteiger partial charge >= 0.3 is 0 Å². The zero-order chi connectivity index (χ0) is 13.7. The third-order valence-electron chi connectivity index (χ3n) is 4.80. The lowest BCUT2D eigenvalue weighted by molar-refractivity contribution is 0.454. The SMILES string of the molecule is Cc1nc(-c2ccc3c(c2)CCC3)c2n1CC(N)CC2. The van der Waals surface area contributed by atoms with Crippen LogP contribution in [-0.4, -0.2) is 15.6 Å². The van der Waals surface area contributed by atoms with Crippen LogP contribution < -0.4 is 5.73 Å². The summed E-state index contributed by atoms with van der Waals surface area (Å²) in [6, 6.07) is 7.19. The monoisotopic (exact) mass is 267 g/mol. The zero-order valence-corrected chi connectivity index (χ0v) is 12.0. The van der Waals surface area contributed by atoms with Crippen molar-refractivity contribution in [1.82, 2.24) is 9.55 Å². The number of nitrogens with zero attached hydrogens (tertiary/aromatic N) is 2. The summed E-state index contributed by atoms with van der Waals surface area (Å²) < 4.78 is 2.32. The average molecular weight is 267 g/mol. The Labute approximate surface area is 119 Å². The summed E-state index contributed by atoms with van der Waals surface area (Å²) in [5.74, 6) is 1.10. The molecule has 2 aromatic rings. The molecule has 1 unspecified atom stereocenters. The molecule has 0 fully saturated rings. The number of imidazole rings is 1. The van der Waals surface area contributed by atoms with Crippen LogP contribution in [0.15, 0.2) is 18.2 Å². The van der Waals surface area contributed by atoms with E-state index in [2.05, 4.69) is 29.7 Å². The van der Waals surface area contributed by atoms with Gasteiger partial charge in [-0.05, 0) is 56.2 Å². The van der Waals surface area contributed by atoms with E-state index in [0.29, 0.717) is 0 Å². The molecule has 4 rings (SSSR count). The van der Waals surface area contributed by atoms with Gasteiger partial charge in [-0.1, -0.05) is 12.1 Å². The summed E-state index contributed by atoms with van der Waals surface area (Å²) in [5, 5.41) is 0. The highest BCUT2D eigenvalue weighted by molar-refractivity contribution is 5.65. The van der Waals surface area contributed by atoms with Gasteiger partial charge < -0.3 is 10.3 Å². The number of aromatic nitrogens is 2. The molecule has 0 saturated heterocycles. The van der Waals surface area contributed by atoms with Crippen molar-refractivity contribution in [3.63, 3.8) is 0 Å². The first-order valence-electron chi connectivity index (χ1n) is 7.66. The topological polar surface area (TPSA) is 43.8 Å². The van der Waals surface area contributed by atoms with E-state index in [1.165, 1.54) is 47.3 Å². The standard InChI is InChI=1S/C17H21N3/c1-11-19-17(16-8-7-15(18)10-20(11)16)14-6-5-12-3-2-4-13(12)9-14/h5-6,9,15H,2-4,7-8,10,18H2,1H3. The lowest BCUT2D eigenvalue weighted by Crippen LogP contribution is -2.32. The second-order valence-corrected chi connectivity index (χ2v) is 6.20. The van der Waals surface area contributed by atoms with Crippen LogP contribution in [0.3, 0.4) is 0 Å². The predicted octanol–water partition coefficient (Wildman–Crippen LogP) is 2.62. The summed E-state index contributed by atoms with van der Waals surface area (Å²) in [4.78, 5) is 4.83. The molecule has 3 nitrogen and oxygen atoms in total. The van der Waals surface area contributed by atoms with E-state index in [0.717, 1.165) is 25.2 Å². The predicted molar refractivity (Wildman–Crippen MR) is 80.7 cm³/mol. The Hall–Kier alpha value is -1.61. The fourth-order valence-corrected chi connectivity index (χ4v) is 3.70. The number of hydrogen-bond donors (Lipinski definition) is 1. The van der Waals surface area contributed by atoms with Crippen LogP contribution in [0.4, 0.5) is 0 Å². The first-order chi connectivity index (χ1) is 9.72. The minimum atomic E-state index is 0.281. The molecule has 2 N–H and O–H groups in total. The average Bonchev–Trinajstić information content (AvgIpc) is 3.03. The third-order valence-corrected chi connectivity index (χ3v) is 4.80. The van der Waals surface area contributed by atoms with E-state index < -0.39 is 0 Å². The van der Waals surface area contributed by atoms with Crippen molar-refractivity contribution in [3.8, 4) is 11.3 Å². The molecule has 0 bridgehead atoms. The third kappa shape index (κ3) is 1.80. The highest BCUT2D eigenvalue weighted by Gasteiger charge is 2.23. The Morgan fingerprint density at radius 1 is 1.20 bits per heavy atom. The lowest BCUT2D eigenvalue weighted by Gasteiger charge is -2.22. The maximum atomic E-state index is 6.09. The molecule has 20 heavy (non-hydrogen) atoms. The van der Waals surface area contributed by atoms with E-state index in [1.54, 1.807) is 0 Å². The summed E-state index contributed by atoms with van der Waals surface area (Å²) in [7, 11) is 0. The zero-order valence-electron chi connectivity index (χ0n) is 12.0. The van der Waals surface area contributed by atoms with Crippen LogP contribution in [0.25, 0.3) is 11.3 Å². The van der Waals surface area contributed by atoms with Gasteiger partial charge in [-0.15, -0.1) is 0 Å². The van der Waals surface area contributed by atoms with Gasteiger partial charge in [0.25, 0.3) is 0 Å². The molecule has 104 valence electrons. The van der Waals surface area contributed by atoms with Crippen LogP contribution in [-0.2, 0) is 25.8 Å². The van der Waals surface area contributed by atoms with Gasteiger partial charge in [-0.3, -0.25) is 0 Å². The summed E-state index contributed by atoms with van der Waals surface area (Å²) in [5.41, 5.74) is 13.0. The molecule has 1 aromatic heterocycles. The van der Waals surface area contributed by atoms with Crippen molar-refractivity contribution in [2.75, 3.05) is 0 Å². The minimum absolute atomic E-state index is 0.281. The molecular weight excluding hydrogens is 246 g/mol. The van der Waals surface area contributed by atoms with Crippen molar-refractivity contribution in [2.45, 2.75) is 51.6 Å². The van der Waals surface area contributed by atoms with E-state index in [4.69, 9.17) is 10.7 Å². The second kappa shape index (κ2) is 4.45. The fourth-order valence-electron chi connectivity index (χ4n) is 3.70. The van der Waals surface area contributed by atoms with E-state index >= 15 is 0 Å². The van der Waals surface area contributed by atoms with Crippen molar-refractivity contribution < 1.29 is 0 Å². The molecular formula is C17H21N3. The quantitative estimate of drug-likeness (QED) is 0.863. The molecule has 0 spiro atoms. The lowest BCUT2D eigenvalue weighted by atomic mass is 9.99. The first kappa shape index (κ1) is 12.2. The van der Waals surface area contributed by atoms with E-state index in [1.807, 2.05) is 0 Å². The number of nitrogens with two attached hydrogens (primary N) is 1. The molecule has 1 aliphatic heterocycles. The number of rotatable bonds is 1. The molecule has 3 heteroatoms. The summed E-state index contributed by atoms with van der Waals surface area (Å²) in [6.07, 6.45) is 5.89. The minimum Gasteiger partial charge on any atom is -0.330 e. The highest BCUT2D eigenvalue weighted by Crippen LogP contribution is 2.32. The number of benzene rings is 1. The van der Waals surface area contributed by atoms with Crippen LogP contribution in [0.5, 0.6) is 0 Å². The maximum Gasteiger partial charge on any atom is 0.106 e. The van der Waals surface area contributed by atoms with Gasteiger partial charge in [-0.25, -0.2) is 4.98 Å². The van der Waals surface area contributed by atoms with Gasteiger partial charge in [0.05, 0.1) is 5.69 Å². The fraction of sp³-hybridized carbons (Fsp3) is 0.471. The molecule has 1 aliphatic carbocycles.